The van der Waals surface area contributed by atoms with Gasteiger partial charge >= 0.3 is 5.97 Å². The number of aromatic nitrogens is 2. The Morgan fingerprint density at radius 3 is 3.00 bits per heavy atom. The van der Waals surface area contributed by atoms with Crippen LogP contribution in [0, 0.1) is 0 Å². The molecular weight excluding hydrogens is 160 g/mol. The molecule has 0 radical (unpaired) electrons. The van der Waals surface area contributed by atoms with Crippen LogP contribution in [0.1, 0.15) is 0 Å². The van der Waals surface area contributed by atoms with E-state index in [9.17, 15) is 4.79 Å². The first-order valence-electron chi connectivity index (χ1n) is 3.28. The highest BCUT2D eigenvalue weighted by atomic mass is 16.6. The maximum atomic E-state index is 10.6. The van der Waals surface area contributed by atoms with Crippen molar-refractivity contribution in [3.8, 4) is 5.88 Å². The molecule has 0 fully saturated rings. The van der Waals surface area contributed by atoms with E-state index in [2.05, 4.69) is 14.7 Å². The van der Waals surface area contributed by atoms with Crippen LogP contribution < -0.4 is 4.74 Å². The second-order valence-electron chi connectivity index (χ2n) is 1.91. The largest absolute Gasteiger partial charge is 0.466 e. The second-order valence-corrected chi connectivity index (χ2v) is 1.91. The summed E-state index contributed by atoms with van der Waals surface area (Å²) in [6.07, 6.45) is 4.42. The Hall–Kier alpha value is -1.65. The van der Waals surface area contributed by atoms with Crippen LogP contribution in [0.2, 0.25) is 0 Å². The van der Waals surface area contributed by atoms with Gasteiger partial charge in [0.05, 0.1) is 13.3 Å². The van der Waals surface area contributed by atoms with E-state index in [1.807, 2.05) is 0 Å². The third-order valence-electron chi connectivity index (χ3n) is 1.11. The number of rotatable bonds is 3. The van der Waals surface area contributed by atoms with Crippen molar-refractivity contribution in [3.63, 3.8) is 0 Å². The lowest BCUT2D eigenvalue weighted by molar-refractivity contribution is -0.143. The topological polar surface area (TPSA) is 61.3 Å². The molecule has 0 aromatic carbocycles. The Balaban J connectivity index is 2.38. The van der Waals surface area contributed by atoms with E-state index in [1.54, 1.807) is 0 Å². The van der Waals surface area contributed by atoms with Crippen molar-refractivity contribution in [2.24, 2.45) is 0 Å². The zero-order chi connectivity index (χ0) is 8.81. The molecule has 0 atom stereocenters. The lowest BCUT2D eigenvalue weighted by atomic mass is 10.7. The van der Waals surface area contributed by atoms with Crippen LogP contribution in [-0.2, 0) is 9.53 Å². The first-order valence-corrected chi connectivity index (χ1v) is 3.28. The van der Waals surface area contributed by atoms with E-state index < -0.39 is 5.97 Å². The number of esters is 1. The number of carbonyl (C=O) groups excluding carboxylic acids is 1. The molecular formula is C7H8N2O3. The lowest BCUT2D eigenvalue weighted by Gasteiger charge is -2.01. The van der Waals surface area contributed by atoms with Gasteiger partial charge in [0, 0.05) is 12.4 Å². The molecule has 0 spiro atoms. The second kappa shape index (κ2) is 4.27. The first kappa shape index (κ1) is 8.45. The summed E-state index contributed by atoms with van der Waals surface area (Å²) in [5.41, 5.74) is 0. The highest BCUT2D eigenvalue weighted by Gasteiger charge is 2.01. The molecule has 0 unspecified atom stereocenters. The molecule has 12 heavy (non-hydrogen) atoms. The van der Waals surface area contributed by atoms with Gasteiger partial charge in [0.25, 0.3) is 0 Å². The van der Waals surface area contributed by atoms with E-state index >= 15 is 0 Å². The number of nitrogens with zero attached hydrogens (tertiary/aromatic N) is 2. The molecule has 1 aromatic heterocycles. The Morgan fingerprint density at radius 1 is 1.58 bits per heavy atom. The molecule has 0 bridgehead atoms. The molecule has 0 aliphatic rings. The Bertz CT molecular complexity index is 250. The average molecular weight is 168 g/mol. The zero-order valence-corrected chi connectivity index (χ0v) is 6.56. The number of hydrogen-bond donors (Lipinski definition) is 0. The maximum absolute atomic E-state index is 10.6. The SMILES string of the molecule is COC(=O)COc1cnccn1. The number of methoxy groups -OCH3 is 1. The summed E-state index contributed by atoms with van der Waals surface area (Å²) in [6.45, 7) is -0.144. The van der Waals surface area contributed by atoms with Crippen molar-refractivity contribution in [1.29, 1.82) is 0 Å². The van der Waals surface area contributed by atoms with E-state index in [4.69, 9.17) is 4.74 Å². The molecule has 0 aliphatic carbocycles. The molecule has 0 amide bonds. The van der Waals surface area contributed by atoms with Gasteiger partial charge in [-0.05, 0) is 0 Å². The lowest BCUT2D eigenvalue weighted by Crippen LogP contribution is -2.13. The van der Waals surface area contributed by atoms with Crippen molar-refractivity contribution < 1.29 is 14.3 Å². The van der Waals surface area contributed by atoms with Crippen LogP contribution in [0.5, 0.6) is 5.88 Å². The monoisotopic (exact) mass is 168 g/mol. The molecule has 1 rings (SSSR count). The van der Waals surface area contributed by atoms with Crippen molar-refractivity contribution in [2.45, 2.75) is 0 Å². The number of ether oxygens (including phenoxy) is 2. The van der Waals surface area contributed by atoms with Crippen LogP contribution in [-0.4, -0.2) is 29.7 Å². The first-order chi connectivity index (χ1) is 5.83. The zero-order valence-electron chi connectivity index (χ0n) is 6.56. The van der Waals surface area contributed by atoms with Gasteiger partial charge in [0.1, 0.15) is 0 Å². The third-order valence-corrected chi connectivity index (χ3v) is 1.11. The maximum Gasteiger partial charge on any atom is 0.343 e. The smallest absolute Gasteiger partial charge is 0.343 e. The summed E-state index contributed by atoms with van der Waals surface area (Å²) in [5.74, 6) is -0.136. The van der Waals surface area contributed by atoms with Gasteiger partial charge in [-0.25, -0.2) is 9.78 Å². The summed E-state index contributed by atoms with van der Waals surface area (Å²) in [4.78, 5) is 18.1. The van der Waals surface area contributed by atoms with E-state index in [-0.39, 0.29) is 6.61 Å². The Morgan fingerprint density at radius 2 is 2.42 bits per heavy atom. The molecule has 0 saturated carbocycles. The standard InChI is InChI=1S/C7H8N2O3/c1-11-7(10)5-12-6-4-8-2-3-9-6/h2-4H,5H2,1H3. The molecule has 5 heteroatoms. The highest BCUT2D eigenvalue weighted by molar-refractivity contribution is 5.70. The summed E-state index contributed by atoms with van der Waals surface area (Å²) in [7, 11) is 1.29. The molecule has 5 nitrogen and oxygen atoms in total. The molecule has 1 heterocycles. The van der Waals surface area contributed by atoms with Gasteiger partial charge in [-0.2, -0.15) is 0 Å². The van der Waals surface area contributed by atoms with E-state index in [1.165, 1.54) is 25.7 Å². The van der Waals surface area contributed by atoms with Crippen molar-refractivity contribution >= 4 is 5.97 Å². The predicted octanol–water partition coefficient (Wildman–Crippen LogP) is 0.0284. The Labute approximate surface area is 69.4 Å². The van der Waals surface area contributed by atoms with Crippen LogP contribution >= 0.6 is 0 Å². The minimum atomic E-state index is -0.444. The fourth-order valence-electron chi connectivity index (χ4n) is 0.552. The van der Waals surface area contributed by atoms with Crippen LogP contribution in [0.3, 0.4) is 0 Å². The van der Waals surface area contributed by atoms with Crippen LogP contribution in [0.4, 0.5) is 0 Å². The average Bonchev–Trinajstić information content (AvgIpc) is 2.16. The van der Waals surface area contributed by atoms with Crippen LogP contribution in [0.25, 0.3) is 0 Å². The molecule has 1 aromatic rings. The summed E-state index contributed by atoms with van der Waals surface area (Å²) >= 11 is 0. The minimum absolute atomic E-state index is 0.144. The van der Waals surface area contributed by atoms with E-state index in [0.29, 0.717) is 5.88 Å². The quantitative estimate of drug-likeness (QED) is 0.596. The minimum Gasteiger partial charge on any atom is -0.466 e. The van der Waals surface area contributed by atoms with E-state index in [0.717, 1.165) is 0 Å². The summed E-state index contributed by atoms with van der Waals surface area (Å²) in [6, 6.07) is 0. The highest BCUT2D eigenvalue weighted by Crippen LogP contribution is 1.99. The summed E-state index contributed by atoms with van der Waals surface area (Å²) < 4.78 is 9.27. The molecule has 64 valence electrons. The third kappa shape index (κ3) is 2.53. The Kier molecular flexibility index (Phi) is 3.01. The molecule has 0 saturated heterocycles. The van der Waals surface area contributed by atoms with Gasteiger partial charge in [-0.3, -0.25) is 4.98 Å². The fourth-order valence-corrected chi connectivity index (χ4v) is 0.552. The summed E-state index contributed by atoms with van der Waals surface area (Å²) in [5, 5.41) is 0. The van der Waals surface area contributed by atoms with Crippen molar-refractivity contribution in [3.05, 3.63) is 18.6 Å². The van der Waals surface area contributed by atoms with Gasteiger partial charge in [-0.15, -0.1) is 0 Å². The molecule has 0 N–H and O–H groups in total. The van der Waals surface area contributed by atoms with Gasteiger partial charge in [-0.1, -0.05) is 0 Å². The van der Waals surface area contributed by atoms with Crippen LogP contribution in [0.15, 0.2) is 18.6 Å². The fraction of sp³-hybridized carbons (Fsp3) is 0.286. The van der Waals surface area contributed by atoms with Gasteiger partial charge < -0.3 is 9.47 Å². The van der Waals surface area contributed by atoms with Gasteiger partial charge in [0.2, 0.25) is 5.88 Å². The normalized spacial score (nSPS) is 9.08. The number of carbonyl (C=O) groups is 1. The molecule has 0 aliphatic heterocycles. The van der Waals surface area contributed by atoms with Gasteiger partial charge in [0.15, 0.2) is 6.61 Å². The van der Waals surface area contributed by atoms with Crippen molar-refractivity contribution in [2.75, 3.05) is 13.7 Å². The van der Waals surface area contributed by atoms with Crippen molar-refractivity contribution in [1.82, 2.24) is 9.97 Å². The number of hydrogen-bond acceptors (Lipinski definition) is 5. The predicted molar refractivity (Wildman–Crippen MR) is 39.5 cm³/mol.